The Morgan fingerprint density at radius 1 is 1.09 bits per heavy atom. The molecule has 5 amide bonds. The summed E-state index contributed by atoms with van der Waals surface area (Å²) in [6.45, 7) is 6.28. The Hall–Kier alpha value is -3.50. The van der Waals surface area contributed by atoms with E-state index in [-0.39, 0.29) is 49.3 Å². The molecule has 2 saturated heterocycles. The van der Waals surface area contributed by atoms with Crippen molar-refractivity contribution in [2.24, 2.45) is 5.41 Å². The van der Waals surface area contributed by atoms with Crippen LogP contribution < -0.4 is 10.2 Å². The number of amides is 5. The molecule has 2 fully saturated rings. The van der Waals surface area contributed by atoms with Gasteiger partial charge in [0, 0.05) is 26.1 Å². The number of piperidine rings is 1. The Kier molecular flexibility index (Phi) is 5.38. The SMILES string of the molecule is CC(C)(C)C1CN(c2cc3c(cc2F)C(=O)N(C2CCC(=O)NC2=O)C3=O)CCN1C(=O)O. The van der Waals surface area contributed by atoms with Crippen molar-refractivity contribution in [2.45, 2.75) is 45.7 Å². The topological polar surface area (TPSA) is 127 Å². The lowest BCUT2D eigenvalue weighted by Gasteiger charge is -2.46. The van der Waals surface area contributed by atoms with Crippen LogP contribution >= 0.6 is 0 Å². The van der Waals surface area contributed by atoms with E-state index in [0.29, 0.717) is 0 Å². The Labute approximate surface area is 189 Å². The second-order valence-corrected chi connectivity index (χ2v) is 9.60. The minimum Gasteiger partial charge on any atom is -0.465 e. The molecule has 2 N–H and O–H groups in total. The van der Waals surface area contributed by atoms with Crippen LogP contribution in [0.15, 0.2) is 12.1 Å². The molecule has 33 heavy (non-hydrogen) atoms. The minimum absolute atomic E-state index is 0.00846. The summed E-state index contributed by atoms with van der Waals surface area (Å²) in [7, 11) is 0. The smallest absolute Gasteiger partial charge is 0.407 e. The molecule has 0 bridgehead atoms. The van der Waals surface area contributed by atoms with Crippen LogP contribution in [0.3, 0.4) is 0 Å². The number of nitrogens with zero attached hydrogens (tertiary/aromatic N) is 3. The highest BCUT2D eigenvalue weighted by molar-refractivity contribution is 6.23. The number of fused-ring (bicyclic) bond motifs is 1. The predicted octanol–water partition coefficient (Wildman–Crippen LogP) is 1.44. The van der Waals surface area contributed by atoms with Crippen LogP contribution in [0.1, 0.15) is 54.3 Å². The summed E-state index contributed by atoms with van der Waals surface area (Å²) < 4.78 is 15.1. The highest BCUT2D eigenvalue weighted by atomic mass is 19.1. The van der Waals surface area contributed by atoms with Gasteiger partial charge < -0.3 is 14.9 Å². The Morgan fingerprint density at radius 2 is 1.73 bits per heavy atom. The van der Waals surface area contributed by atoms with Crippen molar-refractivity contribution in [1.29, 1.82) is 0 Å². The van der Waals surface area contributed by atoms with Crippen LogP contribution in [0.4, 0.5) is 14.9 Å². The summed E-state index contributed by atoms with van der Waals surface area (Å²) in [6, 6.07) is 0.735. The Bertz CT molecular complexity index is 1080. The number of anilines is 1. The second kappa shape index (κ2) is 7.82. The molecule has 0 saturated carbocycles. The van der Waals surface area contributed by atoms with Gasteiger partial charge in [-0.2, -0.15) is 0 Å². The fourth-order valence-corrected chi connectivity index (χ4v) is 4.69. The van der Waals surface area contributed by atoms with Crippen molar-refractivity contribution in [3.8, 4) is 0 Å². The van der Waals surface area contributed by atoms with E-state index in [2.05, 4.69) is 5.32 Å². The molecule has 3 heterocycles. The third-order valence-corrected chi connectivity index (χ3v) is 6.47. The number of benzene rings is 1. The molecule has 0 aromatic heterocycles. The number of halogens is 1. The van der Waals surface area contributed by atoms with Gasteiger partial charge in [-0.05, 0) is 24.0 Å². The van der Waals surface area contributed by atoms with Crippen LogP contribution in [-0.2, 0) is 9.59 Å². The number of piperazine rings is 1. The molecule has 176 valence electrons. The first-order chi connectivity index (χ1) is 15.4. The van der Waals surface area contributed by atoms with Crippen molar-refractivity contribution >= 4 is 35.4 Å². The summed E-state index contributed by atoms with van der Waals surface area (Å²) in [6.07, 6.45) is -1.05. The standard InChI is InChI=1S/C22H25FN4O6/c1-22(2,3)16-10-25(6-7-26(16)21(32)33)15-9-12-11(8-13(15)23)19(30)27(20(12)31)14-4-5-17(28)24-18(14)29/h8-9,14,16H,4-7,10H2,1-3H3,(H,32,33)(H,24,28,29). The van der Waals surface area contributed by atoms with Crippen molar-refractivity contribution < 1.29 is 33.5 Å². The molecule has 11 heteroatoms. The van der Waals surface area contributed by atoms with Crippen LogP contribution in [0.25, 0.3) is 0 Å². The third kappa shape index (κ3) is 3.81. The molecule has 3 aliphatic heterocycles. The summed E-state index contributed by atoms with van der Waals surface area (Å²) in [5.74, 6) is -3.42. The number of nitrogens with one attached hydrogen (secondary N) is 1. The molecule has 1 aromatic carbocycles. The first kappa shape index (κ1) is 22.7. The maximum absolute atomic E-state index is 15.1. The van der Waals surface area contributed by atoms with Crippen LogP contribution in [-0.4, -0.2) is 76.3 Å². The maximum Gasteiger partial charge on any atom is 0.407 e. The van der Waals surface area contributed by atoms with E-state index in [1.54, 1.807) is 4.90 Å². The van der Waals surface area contributed by atoms with E-state index in [9.17, 15) is 29.1 Å². The largest absolute Gasteiger partial charge is 0.465 e. The summed E-state index contributed by atoms with van der Waals surface area (Å²) in [4.78, 5) is 65.0. The number of carbonyl (C=O) groups is 5. The molecule has 0 radical (unpaired) electrons. The average Bonchev–Trinajstić information content (AvgIpc) is 2.96. The minimum atomic E-state index is -1.13. The highest BCUT2D eigenvalue weighted by Crippen LogP contribution is 2.35. The number of carboxylic acid groups (broad SMARTS) is 1. The monoisotopic (exact) mass is 460 g/mol. The molecule has 3 aliphatic rings. The quantitative estimate of drug-likeness (QED) is 0.640. The molecule has 4 rings (SSSR count). The van der Waals surface area contributed by atoms with Crippen LogP contribution in [0, 0.1) is 11.2 Å². The Balaban J connectivity index is 1.65. The lowest BCUT2D eigenvalue weighted by atomic mass is 9.84. The third-order valence-electron chi connectivity index (χ3n) is 6.47. The molecule has 0 aliphatic carbocycles. The maximum atomic E-state index is 15.1. The fraction of sp³-hybridized carbons (Fsp3) is 0.500. The van der Waals surface area contributed by atoms with Crippen molar-refractivity contribution in [3.05, 3.63) is 29.1 Å². The van der Waals surface area contributed by atoms with Crippen LogP contribution in [0.2, 0.25) is 0 Å². The average molecular weight is 460 g/mol. The van der Waals surface area contributed by atoms with Crippen molar-refractivity contribution in [3.63, 3.8) is 0 Å². The van der Waals surface area contributed by atoms with E-state index in [1.807, 2.05) is 20.8 Å². The molecular weight excluding hydrogens is 435 g/mol. The zero-order valence-electron chi connectivity index (χ0n) is 18.6. The lowest BCUT2D eigenvalue weighted by Crippen LogP contribution is -2.59. The van der Waals surface area contributed by atoms with E-state index < -0.39 is 53.0 Å². The number of rotatable bonds is 2. The van der Waals surface area contributed by atoms with Gasteiger partial charge in [-0.25, -0.2) is 9.18 Å². The number of hydrogen-bond donors (Lipinski definition) is 2. The second-order valence-electron chi connectivity index (χ2n) is 9.60. The van der Waals surface area contributed by atoms with Crippen molar-refractivity contribution in [1.82, 2.24) is 15.1 Å². The van der Waals surface area contributed by atoms with Gasteiger partial charge in [0.25, 0.3) is 11.8 Å². The number of hydrogen-bond acceptors (Lipinski definition) is 6. The fourth-order valence-electron chi connectivity index (χ4n) is 4.69. The number of carbonyl (C=O) groups excluding carboxylic acids is 4. The molecule has 2 unspecified atom stereocenters. The van der Waals surface area contributed by atoms with Crippen LogP contribution in [0.5, 0.6) is 0 Å². The van der Waals surface area contributed by atoms with Gasteiger partial charge in [0.15, 0.2) is 0 Å². The highest BCUT2D eigenvalue weighted by Gasteiger charge is 2.46. The van der Waals surface area contributed by atoms with E-state index >= 15 is 4.39 Å². The van der Waals surface area contributed by atoms with E-state index in [0.717, 1.165) is 11.0 Å². The van der Waals surface area contributed by atoms with Gasteiger partial charge in [0.05, 0.1) is 22.9 Å². The Morgan fingerprint density at radius 3 is 2.30 bits per heavy atom. The zero-order chi connectivity index (χ0) is 24.2. The number of imide groups is 2. The summed E-state index contributed by atoms with van der Waals surface area (Å²) in [5, 5.41) is 11.7. The first-order valence-corrected chi connectivity index (χ1v) is 10.7. The van der Waals surface area contributed by atoms with Gasteiger partial charge in [-0.3, -0.25) is 29.4 Å². The molecule has 1 aromatic rings. The molecule has 2 atom stereocenters. The van der Waals surface area contributed by atoms with E-state index in [1.165, 1.54) is 11.0 Å². The molecular formula is C22H25FN4O6. The predicted molar refractivity (Wildman–Crippen MR) is 113 cm³/mol. The van der Waals surface area contributed by atoms with Gasteiger partial charge in [-0.15, -0.1) is 0 Å². The van der Waals surface area contributed by atoms with Gasteiger partial charge in [0.1, 0.15) is 11.9 Å². The normalized spacial score (nSPS) is 23.7. The first-order valence-electron chi connectivity index (χ1n) is 10.7. The van der Waals surface area contributed by atoms with Crippen molar-refractivity contribution in [2.75, 3.05) is 24.5 Å². The summed E-state index contributed by atoms with van der Waals surface area (Å²) >= 11 is 0. The zero-order valence-corrected chi connectivity index (χ0v) is 18.6. The van der Waals surface area contributed by atoms with Gasteiger partial charge in [-0.1, -0.05) is 20.8 Å². The lowest BCUT2D eigenvalue weighted by molar-refractivity contribution is -0.136. The molecule has 0 spiro atoms. The summed E-state index contributed by atoms with van der Waals surface area (Å²) in [5.41, 5.74) is -0.477. The van der Waals surface area contributed by atoms with Gasteiger partial charge >= 0.3 is 6.09 Å². The van der Waals surface area contributed by atoms with Gasteiger partial charge in [0.2, 0.25) is 11.8 Å². The molecule has 10 nitrogen and oxygen atoms in total. The van der Waals surface area contributed by atoms with E-state index in [4.69, 9.17) is 0 Å².